The molecule has 1 N–H and O–H groups in total. The third kappa shape index (κ3) is 3.77. The van der Waals surface area contributed by atoms with Crippen LogP contribution in [0.2, 0.25) is 0 Å². The smallest absolute Gasteiger partial charge is 0.275 e. The number of thiazole rings is 1. The molecule has 0 saturated heterocycles. The van der Waals surface area contributed by atoms with E-state index in [1.54, 1.807) is 32.5 Å². The lowest BCUT2D eigenvalue weighted by atomic mass is 10.1. The lowest BCUT2D eigenvalue weighted by Gasteiger charge is -2.06. The van der Waals surface area contributed by atoms with E-state index in [1.807, 2.05) is 31.2 Å². The van der Waals surface area contributed by atoms with Crippen LogP contribution in [-0.4, -0.2) is 30.1 Å². The van der Waals surface area contributed by atoms with Gasteiger partial charge in [-0.15, -0.1) is 11.3 Å². The molecule has 0 aliphatic rings. The zero-order chi connectivity index (χ0) is 17.8. The van der Waals surface area contributed by atoms with Crippen LogP contribution in [-0.2, 0) is 0 Å². The van der Waals surface area contributed by atoms with Crippen molar-refractivity contribution in [3.63, 3.8) is 0 Å². The number of methoxy groups -OCH3 is 2. The highest BCUT2D eigenvalue weighted by atomic mass is 32.1. The summed E-state index contributed by atoms with van der Waals surface area (Å²) >= 11 is 1.48. The van der Waals surface area contributed by atoms with Crippen LogP contribution in [0.25, 0.3) is 10.4 Å². The van der Waals surface area contributed by atoms with E-state index < -0.39 is 0 Å². The third-order valence-corrected chi connectivity index (χ3v) is 4.52. The first kappa shape index (κ1) is 16.9. The van der Waals surface area contributed by atoms with Gasteiger partial charge in [0.05, 0.1) is 36.0 Å². The minimum atomic E-state index is -0.276. The molecule has 0 atom stereocenters. The summed E-state index contributed by atoms with van der Waals surface area (Å²) in [6.45, 7) is 1.88. The summed E-state index contributed by atoms with van der Waals surface area (Å²) in [6, 6.07) is 11.0. The lowest BCUT2D eigenvalue weighted by molar-refractivity contribution is 0.102. The molecular formula is C18H17N3O3S. The van der Waals surface area contributed by atoms with Crippen LogP contribution >= 0.6 is 11.3 Å². The van der Waals surface area contributed by atoms with Gasteiger partial charge in [0.25, 0.3) is 5.91 Å². The van der Waals surface area contributed by atoms with Gasteiger partial charge in [-0.1, -0.05) is 0 Å². The summed E-state index contributed by atoms with van der Waals surface area (Å²) < 4.78 is 10.2. The van der Waals surface area contributed by atoms with Gasteiger partial charge in [0.2, 0.25) is 5.88 Å². The molecule has 7 heteroatoms. The Kier molecular flexibility index (Phi) is 4.95. The Bertz CT molecular complexity index is 874. The van der Waals surface area contributed by atoms with Crippen LogP contribution in [0, 0.1) is 6.92 Å². The molecule has 128 valence electrons. The average molecular weight is 355 g/mol. The molecule has 0 saturated carbocycles. The largest absolute Gasteiger partial charge is 0.497 e. The van der Waals surface area contributed by atoms with E-state index in [9.17, 15) is 4.79 Å². The monoisotopic (exact) mass is 355 g/mol. The molecule has 3 rings (SSSR count). The molecule has 1 amide bonds. The Labute approximate surface area is 149 Å². The summed E-state index contributed by atoms with van der Waals surface area (Å²) in [5.74, 6) is 0.976. The number of anilines is 1. The maximum atomic E-state index is 12.6. The van der Waals surface area contributed by atoms with Crippen molar-refractivity contribution in [3.05, 3.63) is 53.3 Å². The van der Waals surface area contributed by atoms with Gasteiger partial charge in [-0.25, -0.2) is 9.97 Å². The zero-order valence-corrected chi connectivity index (χ0v) is 14.9. The number of rotatable bonds is 5. The van der Waals surface area contributed by atoms with Gasteiger partial charge in [0.1, 0.15) is 11.4 Å². The van der Waals surface area contributed by atoms with Gasteiger partial charge in [-0.2, -0.15) is 0 Å². The van der Waals surface area contributed by atoms with Crippen LogP contribution < -0.4 is 14.8 Å². The van der Waals surface area contributed by atoms with E-state index in [1.165, 1.54) is 11.3 Å². The van der Waals surface area contributed by atoms with E-state index in [-0.39, 0.29) is 5.91 Å². The van der Waals surface area contributed by atoms with Crippen molar-refractivity contribution < 1.29 is 14.3 Å². The molecule has 25 heavy (non-hydrogen) atoms. The van der Waals surface area contributed by atoms with Crippen molar-refractivity contribution in [1.29, 1.82) is 0 Å². The van der Waals surface area contributed by atoms with Crippen LogP contribution in [0.4, 0.5) is 5.69 Å². The Morgan fingerprint density at radius 1 is 1.08 bits per heavy atom. The number of carbonyl (C=O) groups excluding carboxylic acids is 1. The number of amides is 1. The number of hydrogen-bond acceptors (Lipinski definition) is 6. The predicted molar refractivity (Wildman–Crippen MR) is 97.6 cm³/mol. The normalized spacial score (nSPS) is 10.4. The minimum absolute atomic E-state index is 0.276. The predicted octanol–water partition coefficient (Wildman–Crippen LogP) is 3.78. The molecular weight excluding hydrogens is 338 g/mol. The number of pyridine rings is 1. The van der Waals surface area contributed by atoms with Gasteiger partial charge in [0, 0.05) is 6.07 Å². The van der Waals surface area contributed by atoms with Crippen LogP contribution in [0.1, 0.15) is 15.5 Å². The topological polar surface area (TPSA) is 73.3 Å². The molecule has 0 spiro atoms. The first-order valence-electron chi connectivity index (χ1n) is 7.54. The molecule has 0 unspecified atom stereocenters. The van der Waals surface area contributed by atoms with Crippen molar-refractivity contribution in [2.24, 2.45) is 0 Å². The van der Waals surface area contributed by atoms with Crippen LogP contribution in [0.15, 0.2) is 42.6 Å². The van der Waals surface area contributed by atoms with E-state index in [0.717, 1.165) is 21.2 Å². The van der Waals surface area contributed by atoms with Crippen molar-refractivity contribution in [2.45, 2.75) is 6.92 Å². The highest BCUT2D eigenvalue weighted by Gasteiger charge is 2.18. The molecule has 2 aromatic heterocycles. The number of ether oxygens (including phenoxy) is 2. The Hall–Kier alpha value is -2.93. The minimum Gasteiger partial charge on any atom is -0.497 e. The summed E-state index contributed by atoms with van der Waals surface area (Å²) in [6.07, 6.45) is 1.54. The molecule has 2 heterocycles. The van der Waals surface area contributed by atoms with Gasteiger partial charge in [0.15, 0.2) is 0 Å². The molecule has 0 bridgehead atoms. The molecule has 0 aliphatic carbocycles. The van der Waals surface area contributed by atoms with Gasteiger partial charge >= 0.3 is 0 Å². The molecule has 0 aliphatic heterocycles. The SMILES string of the molecule is COc1ccc(-c2sc(C)nc2C(=O)Nc2ccc(OC)nc2)cc1. The number of nitrogens with one attached hydrogen (secondary N) is 1. The fraction of sp³-hybridized carbons (Fsp3) is 0.167. The standard InChI is InChI=1S/C18H17N3O3S/c1-11-20-16(17(25-11)12-4-7-14(23-2)8-5-12)18(22)21-13-6-9-15(24-3)19-10-13/h4-10H,1-3H3,(H,21,22). The summed E-state index contributed by atoms with van der Waals surface area (Å²) in [5.41, 5.74) is 1.89. The third-order valence-electron chi connectivity index (χ3n) is 3.50. The van der Waals surface area contributed by atoms with E-state index >= 15 is 0 Å². The van der Waals surface area contributed by atoms with Crippen LogP contribution in [0.3, 0.4) is 0 Å². The van der Waals surface area contributed by atoms with Gasteiger partial charge < -0.3 is 14.8 Å². The fourth-order valence-electron chi connectivity index (χ4n) is 2.28. The number of aryl methyl sites for hydroxylation is 1. The van der Waals surface area contributed by atoms with Crippen molar-refractivity contribution >= 4 is 22.9 Å². The fourth-order valence-corrected chi connectivity index (χ4v) is 3.21. The molecule has 0 radical (unpaired) electrons. The molecule has 3 aromatic rings. The van der Waals surface area contributed by atoms with E-state index in [0.29, 0.717) is 17.3 Å². The Balaban J connectivity index is 1.86. The van der Waals surface area contributed by atoms with Crippen molar-refractivity contribution in [2.75, 3.05) is 19.5 Å². The molecule has 1 aromatic carbocycles. The number of carbonyl (C=O) groups is 1. The summed E-state index contributed by atoms with van der Waals surface area (Å²) in [5, 5.41) is 3.64. The lowest BCUT2D eigenvalue weighted by Crippen LogP contribution is -2.13. The first-order valence-corrected chi connectivity index (χ1v) is 8.35. The number of hydrogen-bond donors (Lipinski definition) is 1. The van der Waals surface area contributed by atoms with E-state index in [2.05, 4.69) is 15.3 Å². The molecule has 0 fully saturated rings. The number of aromatic nitrogens is 2. The second-order valence-electron chi connectivity index (χ2n) is 5.18. The highest BCUT2D eigenvalue weighted by Crippen LogP contribution is 2.31. The van der Waals surface area contributed by atoms with Crippen LogP contribution in [0.5, 0.6) is 11.6 Å². The second-order valence-corrected chi connectivity index (χ2v) is 6.39. The average Bonchev–Trinajstić information content (AvgIpc) is 3.04. The highest BCUT2D eigenvalue weighted by molar-refractivity contribution is 7.15. The Morgan fingerprint density at radius 3 is 2.44 bits per heavy atom. The quantitative estimate of drug-likeness (QED) is 0.754. The first-order chi connectivity index (χ1) is 12.1. The van der Waals surface area contributed by atoms with Crippen molar-refractivity contribution in [1.82, 2.24) is 9.97 Å². The van der Waals surface area contributed by atoms with E-state index in [4.69, 9.17) is 9.47 Å². The Morgan fingerprint density at radius 2 is 1.84 bits per heavy atom. The second kappa shape index (κ2) is 7.31. The maximum absolute atomic E-state index is 12.6. The maximum Gasteiger partial charge on any atom is 0.275 e. The summed E-state index contributed by atoms with van der Waals surface area (Å²) in [4.78, 5) is 21.9. The number of benzene rings is 1. The van der Waals surface area contributed by atoms with Gasteiger partial charge in [-0.05, 0) is 42.8 Å². The number of nitrogens with zero attached hydrogens (tertiary/aromatic N) is 2. The molecule has 6 nitrogen and oxygen atoms in total. The van der Waals surface area contributed by atoms with Gasteiger partial charge in [-0.3, -0.25) is 4.79 Å². The zero-order valence-electron chi connectivity index (χ0n) is 14.1. The van der Waals surface area contributed by atoms with Crippen molar-refractivity contribution in [3.8, 4) is 22.1 Å². The summed E-state index contributed by atoms with van der Waals surface area (Å²) in [7, 11) is 3.16.